The number of aryl methyl sites for hydroxylation is 2. The first-order valence-electron chi connectivity index (χ1n) is 12.7. The van der Waals surface area contributed by atoms with Crippen LogP contribution in [0.5, 0.6) is 0 Å². The number of piperidine rings is 1. The number of pyridine rings is 1. The number of carbonyl (C=O) groups is 2. The van der Waals surface area contributed by atoms with Gasteiger partial charge in [-0.3, -0.25) is 14.6 Å². The molecule has 0 radical (unpaired) electrons. The largest absolute Gasteiger partial charge is 0.343 e. The smallest absolute Gasteiger partial charge is 0.275 e. The number of likely N-dealkylation sites (tertiary alicyclic amines) is 1. The second kappa shape index (κ2) is 11.5. The van der Waals surface area contributed by atoms with Crippen LogP contribution in [0, 0.1) is 6.92 Å². The van der Waals surface area contributed by atoms with Crippen LogP contribution in [0.25, 0.3) is 11.1 Å². The molecule has 37 heavy (non-hydrogen) atoms. The van der Waals surface area contributed by atoms with Crippen molar-refractivity contribution in [2.45, 2.75) is 38.5 Å². The number of amides is 2. The third-order valence-corrected chi connectivity index (χ3v) is 7.82. The van der Waals surface area contributed by atoms with E-state index in [4.69, 9.17) is 4.98 Å². The Bertz CT molecular complexity index is 1360. The summed E-state index contributed by atoms with van der Waals surface area (Å²) >= 11 is 1.53. The quantitative estimate of drug-likeness (QED) is 0.326. The third kappa shape index (κ3) is 6.12. The van der Waals surface area contributed by atoms with Crippen LogP contribution >= 0.6 is 11.3 Å². The van der Waals surface area contributed by atoms with E-state index in [-0.39, 0.29) is 17.7 Å². The number of rotatable bonds is 7. The fourth-order valence-corrected chi connectivity index (χ4v) is 5.69. The zero-order valence-electron chi connectivity index (χ0n) is 20.9. The predicted molar refractivity (Wildman–Crippen MR) is 148 cm³/mol. The molecule has 188 valence electrons. The molecule has 1 aliphatic rings. The summed E-state index contributed by atoms with van der Waals surface area (Å²) in [5, 5.41) is 5.88. The predicted octanol–water partition coefficient (Wildman–Crippen LogP) is 6.10. The van der Waals surface area contributed by atoms with Crippen molar-refractivity contribution in [2.75, 3.05) is 18.4 Å². The van der Waals surface area contributed by atoms with Gasteiger partial charge in [-0.25, -0.2) is 4.98 Å². The average molecular weight is 511 g/mol. The highest BCUT2D eigenvalue weighted by Crippen LogP contribution is 2.32. The first-order chi connectivity index (χ1) is 18.1. The number of hydrogen-bond acceptors (Lipinski definition) is 5. The van der Waals surface area contributed by atoms with E-state index in [9.17, 15) is 9.59 Å². The zero-order chi connectivity index (χ0) is 25.6. The molecule has 1 aliphatic heterocycles. The van der Waals surface area contributed by atoms with Gasteiger partial charge in [-0.1, -0.05) is 48.0 Å². The second-order valence-corrected chi connectivity index (χ2v) is 10.3. The van der Waals surface area contributed by atoms with E-state index in [1.165, 1.54) is 11.3 Å². The van der Waals surface area contributed by atoms with E-state index < -0.39 is 0 Å². The summed E-state index contributed by atoms with van der Waals surface area (Å²) in [4.78, 5) is 36.5. The maximum Gasteiger partial charge on any atom is 0.275 e. The highest BCUT2D eigenvalue weighted by molar-refractivity contribution is 7.10. The van der Waals surface area contributed by atoms with Gasteiger partial charge >= 0.3 is 0 Å². The average Bonchev–Trinajstić information content (AvgIpc) is 3.44. The molecule has 0 spiro atoms. The van der Waals surface area contributed by atoms with Gasteiger partial charge in [-0.15, -0.1) is 11.3 Å². The van der Waals surface area contributed by atoms with Crippen LogP contribution in [0.4, 0.5) is 5.69 Å². The van der Waals surface area contributed by atoms with E-state index in [0.29, 0.717) is 18.5 Å². The molecule has 3 heterocycles. The molecular weight excluding hydrogens is 480 g/mol. The minimum absolute atomic E-state index is 0.189. The lowest BCUT2D eigenvalue weighted by molar-refractivity contribution is -0.132. The summed E-state index contributed by atoms with van der Waals surface area (Å²) in [6.07, 6.45) is 6.50. The highest BCUT2D eigenvalue weighted by Gasteiger charge is 2.26. The Labute approximate surface area is 221 Å². The van der Waals surface area contributed by atoms with Crippen molar-refractivity contribution >= 4 is 28.8 Å². The van der Waals surface area contributed by atoms with Crippen LogP contribution in [0.15, 0.2) is 78.4 Å². The maximum absolute atomic E-state index is 13.1. The standard InChI is InChI=1S/C30H30N4O2S/c1-21-9-11-26(25(18-21)23-7-3-2-4-8-23)32-29(36)27-20-37-30(33-27)24-13-16-34(17-14-24)28(35)12-10-22-6-5-15-31-19-22/h2-9,11,15,18-20,24H,10,12-14,16-17H2,1H3,(H,32,36). The van der Waals surface area contributed by atoms with Crippen molar-refractivity contribution in [3.05, 3.63) is 100 Å². The van der Waals surface area contributed by atoms with Gasteiger partial charge in [0.15, 0.2) is 0 Å². The summed E-state index contributed by atoms with van der Waals surface area (Å²) in [5.41, 5.74) is 5.48. The van der Waals surface area contributed by atoms with Crippen molar-refractivity contribution in [3.8, 4) is 11.1 Å². The van der Waals surface area contributed by atoms with E-state index in [1.54, 1.807) is 6.20 Å². The van der Waals surface area contributed by atoms with Gasteiger partial charge in [0.2, 0.25) is 5.91 Å². The number of aromatic nitrogens is 2. The van der Waals surface area contributed by atoms with Gasteiger partial charge in [-0.05, 0) is 55.5 Å². The van der Waals surface area contributed by atoms with Gasteiger partial charge in [0.1, 0.15) is 5.69 Å². The fourth-order valence-electron chi connectivity index (χ4n) is 4.72. The number of carbonyl (C=O) groups excluding carboxylic acids is 2. The molecule has 6 nitrogen and oxygen atoms in total. The van der Waals surface area contributed by atoms with Crippen LogP contribution in [-0.2, 0) is 11.2 Å². The molecule has 7 heteroatoms. The Morgan fingerprint density at radius 1 is 1.05 bits per heavy atom. The summed E-state index contributed by atoms with van der Waals surface area (Å²) in [5.74, 6) is 0.258. The van der Waals surface area contributed by atoms with Crippen molar-refractivity contribution in [2.24, 2.45) is 0 Å². The van der Waals surface area contributed by atoms with Crippen molar-refractivity contribution in [1.29, 1.82) is 0 Å². The molecule has 1 saturated heterocycles. The number of nitrogens with one attached hydrogen (secondary N) is 1. The molecule has 2 aromatic carbocycles. The lowest BCUT2D eigenvalue weighted by Gasteiger charge is -2.31. The highest BCUT2D eigenvalue weighted by atomic mass is 32.1. The minimum Gasteiger partial charge on any atom is -0.343 e. The molecule has 0 unspecified atom stereocenters. The fraction of sp³-hybridized carbons (Fsp3) is 0.267. The second-order valence-electron chi connectivity index (χ2n) is 9.46. The van der Waals surface area contributed by atoms with Crippen LogP contribution in [0.1, 0.15) is 51.8 Å². The molecule has 0 aliphatic carbocycles. The van der Waals surface area contributed by atoms with Crippen molar-refractivity contribution in [1.82, 2.24) is 14.9 Å². The van der Waals surface area contributed by atoms with Crippen LogP contribution < -0.4 is 5.32 Å². The molecule has 0 bridgehead atoms. The van der Waals surface area contributed by atoms with Crippen LogP contribution in [0.3, 0.4) is 0 Å². The molecule has 2 amide bonds. The number of hydrogen-bond donors (Lipinski definition) is 1. The van der Waals surface area contributed by atoms with Crippen LogP contribution in [-0.4, -0.2) is 39.8 Å². The van der Waals surface area contributed by atoms with Gasteiger partial charge in [0.05, 0.1) is 5.01 Å². The molecule has 0 atom stereocenters. The lowest BCUT2D eigenvalue weighted by Crippen LogP contribution is -2.38. The molecule has 1 fully saturated rings. The van der Waals surface area contributed by atoms with Gasteiger partial charge in [0, 0.05) is 54.5 Å². The maximum atomic E-state index is 13.1. The Kier molecular flexibility index (Phi) is 7.70. The summed E-state index contributed by atoms with van der Waals surface area (Å²) in [6, 6.07) is 20.0. The first kappa shape index (κ1) is 24.8. The topological polar surface area (TPSA) is 75.2 Å². The molecule has 2 aromatic heterocycles. The normalized spacial score (nSPS) is 13.9. The third-order valence-electron chi connectivity index (χ3n) is 6.81. The molecule has 1 N–H and O–H groups in total. The Morgan fingerprint density at radius 2 is 1.86 bits per heavy atom. The molecule has 0 saturated carbocycles. The van der Waals surface area contributed by atoms with Crippen LogP contribution in [0.2, 0.25) is 0 Å². The zero-order valence-corrected chi connectivity index (χ0v) is 21.7. The molecule has 4 aromatic rings. The minimum atomic E-state index is -0.202. The van der Waals surface area contributed by atoms with E-state index in [2.05, 4.69) is 16.4 Å². The summed E-state index contributed by atoms with van der Waals surface area (Å²) in [6.45, 7) is 3.49. The van der Waals surface area contributed by atoms with Crippen molar-refractivity contribution < 1.29 is 9.59 Å². The number of thiazole rings is 1. The van der Waals surface area contributed by atoms with Gasteiger partial charge < -0.3 is 10.2 Å². The Balaban J connectivity index is 1.18. The van der Waals surface area contributed by atoms with E-state index in [0.717, 1.165) is 58.9 Å². The number of nitrogens with zero attached hydrogens (tertiary/aromatic N) is 3. The summed E-state index contributed by atoms with van der Waals surface area (Å²) < 4.78 is 0. The van der Waals surface area contributed by atoms with E-state index >= 15 is 0 Å². The Morgan fingerprint density at radius 3 is 2.62 bits per heavy atom. The number of benzene rings is 2. The van der Waals surface area contributed by atoms with E-state index in [1.807, 2.05) is 78.0 Å². The van der Waals surface area contributed by atoms with Gasteiger partial charge in [0.25, 0.3) is 5.91 Å². The first-order valence-corrected chi connectivity index (χ1v) is 13.5. The Hall–Kier alpha value is -3.84. The number of anilines is 1. The lowest BCUT2D eigenvalue weighted by atomic mass is 9.97. The monoisotopic (exact) mass is 510 g/mol. The summed E-state index contributed by atoms with van der Waals surface area (Å²) in [7, 11) is 0. The van der Waals surface area contributed by atoms with Gasteiger partial charge in [-0.2, -0.15) is 0 Å². The molecule has 5 rings (SSSR count). The molecular formula is C30H30N4O2S. The van der Waals surface area contributed by atoms with Crippen molar-refractivity contribution in [3.63, 3.8) is 0 Å². The SMILES string of the molecule is Cc1ccc(NC(=O)c2csc(C3CCN(C(=O)CCc4cccnc4)CC3)n2)c(-c2ccccc2)c1.